The fraction of sp³-hybridized carbons (Fsp3) is 0.438. The maximum absolute atomic E-state index is 5.35. The molecule has 0 saturated carbocycles. The van der Waals surface area contributed by atoms with E-state index in [0.717, 1.165) is 56.4 Å². The highest BCUT2D eigenvalue weighted by atomic mass is 32.1. The van der Waals surface area contributed by atoms with Crippen molar-refractivity contribution in [2.24, 2.45) is 0 Å². The second-order valence-electron chi connectivity index (χ2n) is 5.43. The normalized spacial score (nSPS) is 15.2. The van der Waals surface area contributed by atoms with E-state index in [1.54, 1.807) is 17.5 Å². The Morgan fingerprint density at radius 3 is 3.00 bits per heavy atom. The first-order chi connectivity index (χ1) is 11.8. The highest BCUT2D eigenvalue weighted by molar-refractivity contribution is 7.80. The van der Waals surface area contributed by atoms with Crippen LogP contribution in [-0.4, -0.2) is 59.4 Å². The summed E-state index contributed by atoms with van der Waals surface area (Å²) in [6, 6.07) is 5.95. The third-order valence-electron chi connectivity index (χ3n) is 3.69. The molecule has 0 atom stereocenters. The Balaban J connectivity index is 1.41. The van der Waals surface area contributed by atoms with Crippen LogP contribution in [0, 0.1) is 0 Å². The topological polar surface area (TPSA) is 62.3 Å². The second kappa shape index (κ2) is 9.03. The first-order valence-electron chi connectivity index (χ1n) is 8.03. The lowest BCUT2D eigenvalue weighted by atomic mass is 10.3. The summed E-state index contributed by atoms with van der Waals surface area (Å²) in [5, 5.41) is 8.85. The first-order valence-corrected chi connectivity index (χ1v) is 9.32. The summed E-state index contributed by atoms with van der Waals surface area (Å²) < 4.78 is 5.35. The molecule has 0 aliphatic carbocycles. The second-order valence-corrected chi connectivity index (χ2v) is 6.79. The highest BCUT2D eigenvalue weighted by Gasteiger charge is 2.09. The molecule has 3 heterocycles. The van der Waals surface area contributed by atoms with E-state index in [1.165, 1.54) is 0 Å². The van der Waals surface area contributed by atoms with E-state index in [-0.39, 0.29) is 0 Å². The number of hydrogen-bond acceptors (Lipinski definition) is 6. The fourth-order valence-corrected chi connectivity index (χ4v) is 3.34. The van der Waals surface area contributed by atoms with Gasteiger partial charge in [-0.3, -0.25) is 4.90 Å². The van der Waals surface area contributed by atoms with Crippen molar-refractivity contribution in [3.05, 3.63) is 29.8 Å². The summed E-state index contributed by atoms with van der Waals surface area (Å²) in [6.07, 6.45) is 2.78. The lowest BCUT2D eigenvalue weighted by molar-refractivity contribution is 0.0376. The van der Waals surface area contributed by atoms with Crippen LogP contribution in [0.1, 0.15) is 6.42 Å². The predicted octanol–water partition coefficient (Wildman–Crippen LogP) is 2.21. The predicted molar refractivity (Wildman–Crippen MR) is 101 cm³/mol. The number of hydrogen-bond donors (Lipinski definition) is 2. The molecule has 1 aliphatic rings. The molecular formula is C16H21N5OS2. The van der Waals surface area contributed by atoms with Gasteiger partial charge in [0, 0.05) is 25.8 Å². The van der Waals surface area contributed by atoms with E-state index in [9.17, 15) is 0 Å². The third-order valence-corrected chi connectivity index (χ3v) is 4.83. The van der Waals surface area contributed by atoms with Crippen molar-refractivity contribution < 1.29 is 4.74 Å². The molecule has 0 bridgehead atoms. The van der Waals surface area contributed by atoms with Crippen molar-refractivity contribution >= 4 is 34.6 Å². The van der Waals surface area contributed by atoms with Crippen LogP contribution in [0.15, 0.2) is 29.8 Å². The monoisotopic (exact) mass is 363 g/mol. The molecule has 2 N–H and O–H groups in total. The van der Waals surface area contributed by atoms with E-state index in [2.05, 4.69) is 25.5 Å². The van der Waals surface area contributed by atoms with Crippen molar-refractivity contribution in [2.45, 2.75) is 6.42 Å². The number of thiophene rings is 1. The molecule has 3 rings (SSSR count). The van der Waals surface area contributed by atoms with Gasteiger partial charge in [0.2, 0.25) is 5.95 Å². The molecule has 0 aromatic carbocycles. The summed E-state index contributed by atoms with van der Waals surface area (Å²) in [4.78, 5) is 12.2. The molecule has 0 amide bonds. The van der Waals surface area contributed by atoms with Gasteiger partial charge in [-0.25, -0.2) is 9.97 Å². The van der Waals surface area contributed by atoms with Gasteiger partial charge in [0.25, 0.3) is 0 Å². The van der Waals surface area contributed by atoms with Gasteiger partial charge in [-0.15, -0.1) is 11.3 Å². The van der Waals surface area contributed by atoms with Crippen LogP contribution >= 0.6 is 23.6 Å². The number of rotatable bonds is 6. The van der Waals surface area contributed by atoms with Crippen molar-refractivity contribution in [1.82, 2.24) is 20.2 Å². The Morgan fingerprint density at radius 1 is 1.33 bits per heavy atom. The summed E-state index contributed by atoms with van der Waals surface area (Å²) >= 11 is 6.97. The minimum Gasteiger partial charge on any atom is -0.379 e. The van der Waals surface area contributed by atoms with Crippen LogP contribution in [0.5, 0.6) is 0 Å². The maximum Gasteiger partial charge on any atom is 0.229 e. The number of anilines is 1. The molecule has 0 spiro atoms. The Hall–Kier alpha value is -1.61. The maximum atomic E-state index is 5.35. The van der Waals surface area contributed by atoms with Crippen LogP contribution in [0.4, 0.5) is 5.95 Å². The average Bonchev–Trinajstić information content (AvgIpc) is 3.15. The van der Waals surface area contributed by atoms with E-state index in [4.69, 9.17) is 17.0 Å². The first kappa shape index (κ1) is 17.2. The minimum atomic E-state index is 0.520. The molecule has 0 unspecified atom stereocenters. The summed E-state index contributed by atoms with van der Waals surface area (Å²) in [5.74, 6) is 0.520. The van der Waals surface area contributed by atoms with Gasteiger partial charge in [-0.2, -0.15) is 0 Å². The van der Waals surface area contributed by atoms with Crippen LogP contribution in [0.3, 0.4) is 0 Å². The van der Waals surface area contributed by atoms with Gasteiger partial charge in [0.15, 0.2) is 5.11 Å². The molecule has 1 fully saturated rings. The molecule has 1 saturated heterocycles. The third kappa shape index (κ3) is 5.20. The smallest absolute Gasteiger partial charge is 0.229 e. The van der Waals surface area contributed by atoms with Gasteiger partial charge in [0.1, 0.15) is 0 Å². The van der Waals surface area contributed by atoms with Crippen LogP contribution in [0.2, 0.25) is 0 Å². The molecule has 2 aromatic rings. The lowest BCUT2D eigenvalue weighted by Gasteiger charge is -2.26. The summed E-state index contributed by atoms with van der Waals surface area (Å²) in [6.45, 7) is 5.60. The number of nitrogens with one attached hydrogen (secondary N) is 2. The Bertz CT molecular complexity index is 644. The Kier molecular flexibility index (Phi) is 6.48. The fourth-order valence-electron chi connectivity index (χ4n) is 2.46. The molecule has 24 heavy (non-hydrogen) atoms. The number of thiocarbonyl (C=S) groups is 1. The average molecular weight is 364 g/mol. The van der Waals surface area contributed by atoms with Gasteiger partial charge >= 0.3 is 0 Å². The summed E-state index contributed by atoms with van der Waals surface area (Å²) in [5.41, 5.74) is 0.901. The van der Waals surface area contributed by atoms with E-state index in [1.807, 2.05) is 23.6 Å². The lowest BCUT2D eigenvalue weighted by Crippen LogP contribution is -2.38. The number of ether oxygens (including phenoxy) is 1. The van der Waals surface area contributed by atoms with Gasteiger partial charge < -0.3 is 15.4 Å². The number of morpholine rings is 1. The molecule has 1 aliphatic heterocycles. The van der Waals surface area contributed by atoms with Gasteiger partial charge in [0.05, 0.1) is 23.8 Å². The highest BCUT2D eigenvalue weighted by Crippen LogP contribution is 2.22. The van der Waals surface area contributed by atoms with Crippen LogP contribution < -0.4 is 10.6 Å². The molecule has 128 valence electrons. The standard InChI is InChI=1S/C16H21N5OS2/c23-16(18-5-2-7-21-8-10-22-11-9-21)20-15-17-6-4-13(19-15)14-3-1-12-24-14/h1,3-4,6,12H,2,5,7-11H2,(H2,17,18,19,20,23). The van der Waals surface area contributed by atoms with Crippen molar-refractivity contribution in [3.63, 3.8) is 0 Å². The Morgan fingerprint density at radius 2 is 2.21 bits per heavy atom. The zero-order chi connectivity index (χ0) is 16.6. The quantitative estimate of drug-likeness (QED) is 0.603. The minimum absolute atomic E-state index is 0.520. The largest absolute Gasteiger partial charge is 0.379 e. The Labute approximate surface area is 151 Å². The molecular weight excluding hydrogens is 342 g/mol. The summed E-state index contributed by atoms with van der Waals surface area (Å²) in [7, 11) is 0. The zero-order valence-corrected chi connectivity index (χ0v) is 15.0. The van der Waals surface area contributed by atoms with Gasteiger partial charge in [-0.05, 0) is 42.7 Å². The molecule has 0 radical (unpaired) electrons. The number of aromatic nitrogens is 2. The molecule has 8 heteroatoms. The van der Waals surface area contributed by atoms with Crippen molar-refractivity contribution in [3.8, 4) is 10.6 Å². The zero-order valence-electron chi connectivity index (χ0n) is 13.4. The molecule has 2 aromatic heterocycles. The van der Waals surface area contributed by atoms with E-state index in [0.29, 0.717) is 11.1 Å². The van der Waals surface area contributed by atoms with Crippen LogP contribution in [-0.2, 0) is 4.74 Å². The van der Waals surface area contributed by atoms with E-state index < -0.39 is 0 Å². The van der Waals surface area contributed by atoms with E-state index >= 15 is 0 Å². The van der Waals surface area contributed by atoms with Crippen molar-refractivity contribution in [1.29, 1.82) is 0 Å². The SMILES string of the molecule is S=C(NCCCN1CCOCC1)Nc1nccc(-c2cccs2)n1. The molecule has 6 nitrogen and oxygen atoms in total. The van der Waals surface area contributed by atoms with Crippen LogP contribution in [0.25, 0.3) is 10.6 Å². The van der Waals surface area contributed by atoms with Gasteiger partial charge in [-0.1, -0.05) is 6.07 Å². The number of nitrogens with zero attached hydrogens (tertiary/aromatic N) is 3. The van der Waals surface area contributed by atoms with Crippen molar-refractivity contribution in [2.75, 3.05) is 44.7 Å².